The Kier molecular flexibility index (Phi) is 6.23. The summed E-state index contributed by atoms with van der Waals surface area (Å²) in [5.74, 6) is 0. The maximum absolute atomic E-state index is 12.5. The predicted molar refractivity (Wildman–Crippen MR) is 111 cm³/mol. The number of benzene rings is 2. The molecule has 0 unspecified atom stereocenters. The molecule has 0 bridgehead atoms. The molecule has 0 saturated carbocycles. The zero-order valence-electron chi connectivity index (χ0n) is 16.1. The zero-order valence-corrected chi connectivity index (χ0v) is 16.1. The third-order valence-electron chi connectivity index (χ3n) is 5.13. The topological polar surface area (TPSA) is 98.0 Å². The van der Waals surface area contributed by atoms with Crippen LogP contribution in [0.25, 0.3) is 21.8 Å². The first-order valence-corrected chi connectivity index (χ1v) is 9.87. The molecule has 3 rings (SSSR count). The van der Waals surface area contributed by atoms with E-state index in [-0.39, 0.29) is 5.69 Å². The number of nitrogens with zero attached hydrogens (tertiary/aromatic N) is 2. The Labute approximate surface area is 162 Å². The number of nitro groups is 1. The van der Waals surface area contributed by atoms with Gasteiger partial charge in [0.15, 0.2) is 0 Å². The molecule has 148 valence electrons. The highest BCUT2D eigenvalue weighted by Gasteiger charge is 2.18. The van der Waals surface area contributed by atoms with Crippen LogP contribution in [0.5, 0.6) is 0 Å². The molecular weight excluding hydrogens is 358 g/mol. The van der Waals surface area contributed by atoms with Crippen molar-refractivity contribution < 1.29 is 4.92 Å². The molecule has 0 aliphatic heterocycles. The quantitative estimate of drug-likeness (QED) is 0.193. The molecular formula is C21H25N3O4. The van der Waals surface area contributed by atoms with E-state index in [2.05, 4.69) is 11.9 Å². The number of H-pyrrole nitrogens is 1. The van der Waals surface area contributed by atoms with Gasteiger partial charge in [0.2, 0.25) is 0 Å². The van der Waals surface area contributed by atoms with Crippen LogP contribution in [-0.4, -0.2) is 14.5 Å². The van der Waals surface area contributed by atoms with Crippen molar-refractivity contribution in [2.45, 2.75) is 58.4 Å². The van der Waals surface area contributed by atoms with E-state index in [1.165, 1.54) is 36.3 Å². The monoisotopic (exact) mass is 383 g/mol. The molecule has 0 atom stereocenters. The lowest BCUT2D eigenvalue weighted by Gasteiger charge is -2.12. The van der Waals surface area contributed by atoms with Gasteiger partial charge in [-0.15, -0.1) is 0 Å². The molecule has 0 radical (unpaired) electrons. The number of hydrogen-bond acceptors (Lipinski definition) is 4. The van der Waals surface area contributed by atoms with Gasteiger partial charge in [0, 0.05) is 18.0 Å². The number of aryl methyl sites for hydroxylation is 1. The fraction of sp³-hybridized carbons (Fsp3) is 0.429. The van der Waals surface area contributed by atoms with Crippen LogP contribution >= 0.6 is 0 Å². The van der Waals surface area contributed by atoms with E-state index in [4.69, 9.17) is 0 Å². The number of nitrogens with one attached hydrogen (secondary N) is 1. The average molecular weight is 383 g/mol. The van der Waals surface area contributed by atoms with Crippen LogP contribution in [-0.2, 0) is 6.54 Å². The Hall–Kier alpha value is -2.96. The van der Waals surface area contributed by atoms with Crippen molar-refractivity contribution in [3.63, 3.8) is 0 Å². The van der Waals surface area contributed by atoms with Crippen molar-refractivity contribution in [1.29, 1.82) is 0 Å². The average Bonchev–Trinajstić information content (AvgIpc) is 2.69. The minimum Gasteiger partial charge on any atom is -0.316 e. The first-order chi connectivity index (χ1) is 13.5. The molecule has 28 heavy (non-hydrogen) atoms. The second-order valence-corrected chi connectivity index (χ2v) is 7.13. The number of rotatable bonds is 9. The SMILES string of the molecule is CCCCCCCCCn1c(=O)c(=O)[nH]c2cc([N+](=O)[O-])c3ccccc3c21. The fourth-order valence-electron chi connectivity index (χ4n) is 3.72. The predicted octanol–water partition coefficient (Wildman–Crippen LogP) is 4.50. The van der Waals surface area contributed by atoms with E-state index in [1.54, 1.807) is 24.3 Å². The van der Waals surface area contributed by atoms with E-state index in [1.807, 2.05) is 0 Å². The summed E-state index contributed by atoms with van der Waals surface area (Å²) in [6.07, 6.45) is 7.70. The Morgan fingerprint density at radius 3 is 2.32 bits per heavy atom. The normalized spacial score (nSPS) is 11.3. The van der Waals surface area contributed by atoms with Gasteiger partial charge in [-0.05, 0) is 12.5 Å². The molecule has 3 aromatic rings. The lowest BCUT2D eigenvalue weighted by atomic mass is 10.1. The smallest absolute Gasteiger partial charge is 0.316 e. The maximum Gasteiger partial charge on any atom is 0.316 e. The van der Waals surface area contributed by atoms with Crippen molar-refractivity contribution in [2.24, 2.45) is 0 Å². The van der Waals surface area contributed by atoms with E-state index in [9.17, 15) is 19.7 Å². The van der Waals surface area contributed by atoms with Crippen molar-refractivity contribution in [3.8, 4) is 0 Å². The van der Waals surface area contributed by atoms with Gasteiger partial charge in [0.05, 0.1) is 21.3 Å². The van der Waals surface area contributed by atoms with Crippen LogP contribution in [0, 0.1) is 10.1 Å². The van der Waals surface area contributed by atoms with Crippen LogP contribution in [0.3, 0.4) is 0 Å². The number of nitro benzene ring substituents is 1. The minimum atomic E-state index is -0.750. The van der Waals surface area contributed by atoms with Gasteiger partial charge in [-0.3, -0.25) is 19.7 Å². The third-order valence-corrected chi connectivity index (χ3v) is 5.13. The van der Waals surface area contributed by atoms with E-state index >= 15 is 0 Å². The van der Waals surface area contributed by atoms with E-state index < -0.39 is 16.0 Å². The number of non-ortho nitro benzene ring substituents is 1. The van der Waals surface area contributed by atoms with Gasteiger partial charge < -0.3 is 9.55 Å². The summed E-state index contributed by atoms with van der Waals surface area (Å²) in [5, 5.41) is 12.5. The highest BCUT2D eigenvalue weighted by atomic mass is 16.6. The van der Waals surface area contributed by atoms with Gasteiger partial charge >= 0.3 is 11.1 Å². The standard InChI is InChI=1S/C21H25N3O4/c1-2-3-4-5-6-7-10-13-23-19-16-12-9-8-11-15(16)18(24(27)28)14-17(19)22-20(25)21(23)26/h8-9,11-12,14H,2-7,10,13H2,1H3,(H,22,25). The summed E-state index contributed by atoms with van der Waals surface area (Å²) in [6, 6.07) is 8.27. The van der Waals surface area contributed by atoms with Crippen molar-refractivity contribution in [2.75, 3.05) is 0 Å². The molecule has 1 N–H and O–H groups in total. The Balaban J connectivity index is 2.01. The number of unbranched alkanes of at least 4 members (excludes halogenated alkanes) is 6. The molecule has 7 nitrogen and oxygen atoms in total. The van der Waals surface area contributed by atoms with Crippen molar-refractivity contribution in [1.82, 2.24) is 9.55 Å². The highest BCUT2D eigenvalue weighted by molar-refractivity contribution is 6.08. The number of aromatic nitrogens is 2. The largest absolute Gasteiger partial charge is 0.316 e. The Morgan fingerprint density at radius 1 is 1.00 bits per heavy atom. The lowest BCUT2D eigenvalue weighted by molar-refractivity contribution is -0.382. The van der Waals surface area contributed by atoms with Gasteiger partial charge in [-0.25, -0.2) is 0 Å². The summed E-state index contributed by atoms with van der Waals surface area (Å²) in [6.45, 7) is 2.61. The molecule has 0 saturated heterocycles. The molecule has 0 spiro atoms. The molecule has 0 amide bonds. The molecule has 1 heterocycles. The summed E-state index contributed by atoms with van der Waals surface area (Å²) < 4.78 is 1.48. The summed E-state index contributed by atoms with van der Waals surface area (Å²) in [7, 11) is 0. The molecule has 0 aliphatic carbocycles. The summed E-state index contributed by atoms with van der Waals surface area (Å²) in [4.78, 5) is 38.2. The first-order valence-electron chi connectivity index (χ1n) is 9.87. The molecule has 1 aromatic heterocycles. The van der Waals surface area contributed by atoms with Gasteiger partial charge in [-0.1, -0.05) is 63.6 Å². The second kappa shape index (κ2) is 8.82. The Morgan fingerprint density at radius 2 is 1.64 bits per heavy atom. The lowest BCUT2D eigenvalue weighted by Crippen LogP contribution is -2.36. The molecule has 0 aliphatic rings. The first kappa shape index (κ1) is 19.8. The van der Waals surface area contributed by atoms with Crippen LogP contribution < -0.4 is 11.1 Å². The van der Waals surface area contributed by atoms with Crippen LogP contribution in [0.15, 0.2) is 39.9 Å². The molecule has 7 heteroatoms. The molecule has 2 aromatic carbocycles. The van der Waals surface area contributed by atoms with Gasteiger partial charge in [0.25, 0.3) is 5.69 Å². The Bertz CT molecular complexity index is 1110. The second-order valence-electron chi connectivity index (χ2n) is 7.13. The fourth-order valence-corrected chi connectivity index (χ4v) is 3.72. The van der Waals surface area contributed by atoms with E-state index in [0.29, 0.717) is 28.4 Å². The highest BCUT2D eigenvalue weighted by Crippen LogP contribution is 2.31. The third kappa shape index (κ3) is 3.98. The summed E-state index contributed by atoms with van der Waals surface area (Å²) >= 11 is 0. The number of hydrogen-bond donors (Lipinski definition) is 1. The van der Waals surface area contributed by atoms with Crippen molar-refractivity contribution >= 4 is 27.5 Å². The zero-order chi connectivity index (χ0) is 20.1. The minimum absolute atomic E-state index is 0.0835. The molecule has 0 fully saturated rings. The van der Waals surface area contributed by atoms with Crippen LogP contribution in [0.4, 0.5) is 5.69 Å². The van der Waals surface area contributed by atoms with Crippen LogP contribution in [0.1, 0.15) is 51.9 Å². The number of fused-ring (bicyclic) bond motifs is 3. The van der Waals surface area contributed by atoms with Crippen LogP contribution in [0.2, 0.25) is 0 Å². The van der Waals surface area contributed by atoms with E-state index in [0.717, 1.165) is 19.3 Å². The van der Waals surface area contributed by atoms with Gasteiger partial charge in [0.1, 0.15) is 0 Å². The maximum atomic E-state index is 12.5. The summed E-state index contributed by atoms with van der Waals surface area (Å²) in [5.41, 5.74) is -0.577. The van der Waals surface area contributed by atoms with Crippen molar-refractivity contribution in [3.05, 3.63) is 61.2 Å². The van der Waals surface area contributed by atoms with Gasteiger partial charge in [-0.2, -0.15) is 0 Å². The number of aromatic amines is 1.